The average molecular weight is 658 g/mol. The summed E-state index contributed by atoms with van der Waals surface area (Å²) in [5, 5.41) is 12.7. The molecule has 2 saturated heterocycles. The molecule has 3 amide bonds. The Kier molecular flexibility index (Phi) is 9.01. The van der Waals surface area contributed by atoms with Crippen LogP contribution in [-0.4, -0.2) is 73.2 Å². The van der Waals surface area contributed by atoms with Gasteiger partial charge in [0, 0.05) is 34.8 Å². The zero-order valence-electron chi connectivity index (χ0n) is 27.3. The molecule has 3 heterocycles. The Morgan fingerprint density at radius 1 is 1.06 bits per heavy atom. The molecule has 2 fully saturated rings. The highest BCUT2D eigenvalue weighted by Crippen LogP contribution is 2.59. The number of amides is 3. The first-order valence-electron chi connectivity index (χ1n) is 16.2. The van der Waals surface area contributed by atoms with E-state index in [1.807, 2.05) is 68.5 Å². The third-order valence-corrected chi connectivity index (χ3v) is 12.6. The summed E-state index contributed by atoms with van der Waals surface area (Å²) >= 11 is 0. The van der Waals surface area contributed by atoms with E-state index in [0.29, 0.717) is 23.5 Å². The molecule has 0 aliphatic carbocycles. The number of likely N-dealkylation sites (tertiary alicyclic amines) is 1. The molecule has 3 aliphatic rings. The average Bonchev–Trinajstić information content (AvgIpc) is 3.72. The predicted octanol–water partition coefficient (Wildman–Crippen LogP) is 4.67. The lowest BCUT2D eigenvalue weighted by atomic mass is 9.82. The monoisotopic (exact) mass is 657 g/mol. The number of nitrogens with zero attached hydrogens (tertiary/aromatic N) is 2. The summed E-state index contributed by atoms with van der Waals surface area (Å²) < 4.78 is 12.0. The third kappa shape index (κ3) is 5.97. The lowest BCUT2D eigenvalue weighted by Crippen LogP contribution is -2.46. The summed E-state index contributed by atoms with van der Waals surface area (Å²) in [6, 6.07) is 21.6. The summed E-state index contributed by atoms with van der Waals surface area (Å²) in [6.45, 7) is 6.43. The smallest absolute Gasteiger partial charge is 0.264 e. The number of anilines is 2. The maximum atomic E-state index is 14.6. The maximum absolute atomic E-state index is 14.6. The normalized spacial score (nSPS) is 25.4. The topological polar surface area (TPSA) is 129 Å². The zero-order chi connectivity index (χ0) is 33.5. The van der Waals surface area contributed by atoms with Crippen molar-refractivity contribution in [3.8, 4) is 5.75 Å². The van der Waals surface area contributed by atoms with Crippen molar-refractivity contribution in [3.63, 3.8) is 0 Å². The van der Waals surface area contributed by atoms with Crippen LogP contribution in [0.15, 0.2) is 72.8 Å². The van der Waals surface area contributed by atoms with E-state index >= 15 is 0 Å². The molecule has 47 heavy (non-hydrogen) atoms. The van der Waals surface area contributed by atoms with Crippen molar-refractivity contribution in [3.05, 3.63) is 89.5 Å². The quantitative estimate of drug-likeness (QED) is 0.286. The highest BCUT2D eigenvalue weighted by atomic mass is 28.4. The number of hydrogen-bond acceptors (Lipinski definition) is 7. The number of hydrogen-bond donors (Lipinski definition) is 3. The molecular formula is C36H43N3O7Si. The second-order valence-corrected chi connectivity index (χ2v) is 17.4. The summed E-state index contributed by atoms with van der Waals surface area (Å²) in [5.41, 5.74) is 1.77. The SMILES string of the molecule is COc1ccc(C(=O)Nc2ccc(CN3C(=O)[C@@]4(O[C@@H](CC(=O)N5CCC[C@H]5CO)[C@H]([Si](C)(C)O)[C@H]4C)c4ccccc43)cc2)cc1. The molecule has 0 saturated carbocycles. The van der Waals surface area contributed by atoms with Gasteiger partial charge in [-0.25, -0.2) is 0 Å². The fourth-order valence-electron chi connectivity index (χ4n) is 7.85. The number of aliphatic hydroxyl groups excluding tert-OH is 1. The van der Waals surface area contributed by atoms with Crippen molar-refractivity contribution in [2.45, 2.75) is 69.1 Å². The van der Waals surface area contributed by atoms with Crippen LogP contribution in [0.1, 0.15) is 47.7 Å². The van der Waals surface area contributed by atoms with Gasteiger partial charge in [0.05, 0.1) is 44.5 Å². The molecule has 3 N–H and O–H groups in total. The number of ether oxygens (including phenoxy) is 2. The highest BCUT2D eigenvalue weighted by Gasteiger charge is 2.66. The molecule has 3 aromatic rings. The van der Waals surface area contributed by atoms with Gasteiger partial charge in [0.2, 0.25) is 5.91 Å². The Morgan fingerprint density at radius 2 is 1.77 bits per heavy atom. The Bertz CT molecular complexity index is 1640. The molecule has 1 spiro atoms. The minimum atomic E-state index is -2.93. The molecule has 11 heteroatoms. The van der Waals surface area contributed by atoms with Gasteiger partial charge in [0.25, 0.3) is 11.8 Å². The minimum Gasteiger partial charge on any atom is -0.497 e. The van der Waals surface area contributed by atoms with E-state index in [0.717, 1.165) is 29.7 Å². The molecule has 6 rings (SSSR count). The number of aliphatic hydroxyl groups is 1. The minimum absolute atomic E-state index is 0.0450. The van der Waals surface area contributed by atoms with E-state index < -0.39 is 20.0 Å². The van der Waals surface area contributed by atoms with E-state index in [2.05, 4.69) is 5.32 Å². The van der Waals surface area contributed by atoms with Crippen LogP contribution >= 0.6 is 0 Å². The van der Waals surface area contributed by atoms with Gasteiger partial charge in [-0.15, -0.1) is 0 Å². The van der Waals surface area contributed by atoms with Gasteiger partial charge in [0.15, 0.2) is 13.9 Å². The van der Waals surface area contributed by atoms with E-state index in [1.54, 1.807) is 41.2 Å². The number of rotatable bonds is 9. The van der Waals surface area contributed by atoms with E-state index in [4.69, 9.17) is 9.47 Å². The summed E-state index contributed by atoms with van der Waals surface area (Å²) in [4.78, 5) is 55.9. The summed E-state index contributed by atoms with van der Waals surface area (Å²) in [7, 11) is -1.36. The molecular weight excluding hydrogens is 614 g/mol. The molecule has 3 aliphatic heterocycles. The van der Waals surface area contributed by atoms with Crippen LogP contribution in [0.4, 0.5) is 11.4 Å². The molecule has 248 valence electrons. The van der Waals surface area contributed by atoms with E-state index in [1.165, 1.54) is 0 Å². The lowest BCUT2D eigenvalue weighted by molar-refractivity contribution is -0.150. The number of nitrogens with one attached hydrogen (secondary N) is 1. The fourth-order valence-corrected chi connectivity index (χ4v) is 10.4. The molecule has 3 aromatic carbocycles. The van der Waals surface area contributed by atoms with Crippen molar-refractivity contribution in [2.24, 2.45) is 5.92 Å². The van der Waals surface area contributed by atoms with Gasteiger partial charge in [-0.2, -0.15) is 0 Å². The summed E-state index contributed by atoms with van der Waals surface area (Å²) in [6.07, 6.45) is 0.996. The van der Waals surface area contributed by atoms with Gasteiger partial charge >= 0.3 is 0 Å². The van der Waals surface area contributed by atoms with Crippen molar-refractivity contribution in [1.29, 1.82) is 0 Å². The highest BCUT2D eigenvalue weighted by molar-refractivity contribution is 6.71. The van der Waals surface area contributed by atoms with Crippen LogP contribution in [0.25, 0.3) is 0 Å². The van der Waals surface area contributed by atoms with Gasteiger partial charge in [-0.05, 0) is 74.0 Å². The fraction of sp³-hybridized carbons (Fsp3) is 0.417. The largest absolute Gasteiger partial charge is 0.497 e. The van der Waals surface area contributed by atoms with Gasteiger partial charge in [-0.1, -0.05) is 37.3 Å². The molecule has 5 atom stereocenters. The first-order valence-corrected chi connectivity index (χ1v) is 19.3. The number of methoxy groups -OCH3 is 1. The number of fused-ring (bicyclic) bond motifs is 2. The molecule has 10 nitrogen and oxygen atoms in total. The van der Waals surface area contributed by atoms with Crippen molar-refractivity contribution >= 4 is 37.4 Å². The number of benzene rings is 3. The molecule has 0 unspecified atom stereocenters. The van der Waals surface area contributed by atoms with Gasteiger partial charge in [0.1, 0.15) is 5.75 Å². The standard InChI is InChI=1S/C36H43N3O7Si/c1-23-33(47(3,4)44)31(20-32(41)38-19-7-8-27(38)22-40)46-36(23)29-9-5-6-10-30(29)39(35(36)43)21-24-11-15-26(16-12-24)37-34(42)25-13-17-28(45-2)18-14-25/h5-6,9-18,23,27,31,33,40,44H,7-8,19-22H2,1-4H3,(H,37,42)/t23-,27+,31+,33-,36+/m1/s1. The Morgan fingerprint density at radius 3 is 2.43 bits per heavy atom. The Hall–Kier alpha value is -4.03. The van der Waals surface area contributed by atoms with Crippen molar-refractivity contribution < 1.29 is 33.8 Å². The van der Waals surface area contributed by atoms with Crippen LogP contribution in [0.2, 0.25) is 18.6 Å². The first kappa shape index (κ1) is 32.9. The van der Waals surface area contributed by atoms with Crippen molar-refractivity contribution in [2.75, 3.05) is 30.5 Å². The number of carbonyl (C=O) groups excluding carboxylic acids is 3. The van der Waals surface area contributed by atoms with Crippen LogP contribution in [-0.2, 0) is 26.5 Å². The predicted molar refractivity (Wildman–Crippen MR) is 181 cm³/mol. The molecule has 0 radical (unpaired) electrons. The lowest BCUT2D eigenvalue weighted by Gasteiger charge is -2.32. The first-order chi connectivity index (χ1) is 22.5. The van der Waals surface area contributed by atoms with Crippen molar-refractivity contribution in [1.82, 2.24) is 4.90 Å². The second-order valence-electron chi connectivity index (χ2n) is 13.4. The van der Waals surface area contributed by atoms with Gasteiger partial charge in [-0.3, -0.25) is 14.4 Å². The molecule has 0 aromatic heterocycles. The Labute approximate surface area is 276 Å². The van der Waals surface area contributed by atoms with E-state index in [-0.39, 0.29) is 54.8 Å². The second kappa shape index (κ2) is 12.9. The zero-order valence-corrected chi connectivity index (χ0v) is 28.3. The number of carbonyl (C=O) groups is 3. The van der Waals surface area contributed by atoms with Crippen LogP contribution in [0, 0.1) is 5.92 Å². The Balaban J connectivity index is 1.23. The molecule has 0 bridgehead atoms. The van der Waals surface area contributed by atoms with E-state index in [9.17, 15) is 24.3 Å². The van der Waals surface area contributed by atoms with Crippen LogP contribution < -0.4 is 15.0 Å². The number of para-hydroxylation sites is 1. The third-order valence-electron chi connectivity index (χ3n) is 10.1. The maximum Gasteiger partial charge on any atom is 0.264 e. The van der Waals surface area contributed by atoms with Gasteiger partial charge < -0.3 is 34.5 Å². The van der Waals surface area contributed by atoms with Crippen LogP contribution in [0.5, 0.6) is 5.75 Å². The summed E-state index contributed by atoms with van der Waals surface area (Å²) in [5.74, 6) is -0.283. The van der Waals surface area contributed by atoms with Crippen LogP contribution in [0.3, 0.4) is 0 Å².